The molecule has 0 aliphatic rings. The second kappa shape index (κ2) is 6.26. The number of methoxy groups -OCH3 is 1. The summed E-state index contributed by atoms with van der Waals surface area (Å²) in [6, 6.07) is 15.8. The molecule has 6 heteroatoms. The zero-order chi connectivity index (χ0) is 17.1. The number of carbonyl (C=O) groups excluding carboxylic acids is 1. The molecule has 3 rings (SSSR count). The third kappa shape index (κ3) is 2.83. The fraction of sp³-hybridized carbons (Fsp3) is 0.0556. The Labute approximate surface area is 138 Å². The molecule has 3 aromatic rings. The number of benzene rings is 2. The maximum Gasteiger partial charge on any atom is 0.271 e. The Morgan fingerprint density at radius 2 is 1.75 bits per heavy atom. The van der Waals surface area contributed by atoms with E-state index in [1.807, 2.05) is 6.07 Å². The second-order valence-electron chi connectivity index (χ2n) is 4.98. The van der Waals surface area contributed by atoms with Gasteiger partial charge in [-0.1, -0.05) is 0 Å². The average molecular weight is 319 g/mol. The first kappa shape index (κ1) is 15.3. The number of hydrogen-bond donors (Lipinski definition) is 1. The molecule has 1 heterocycles. The van der Waals surface area contributed by atoms with Crippen LogP contribution in [0.3, 0.4) is 0 Å². The summed E-state index contributed by atoms with van der Waals surface area (Å²) >= 11 is 0. The lowest BCUT2D eigenvalue weighted by molar-refractivity contribution is 0.0996. The van der Waals surface area contributed by atoms with Gasteiger partial charge < -0.3 is 14.9 Å². The smallest absolute Gasteiger partial charge is 0.271 e. The van der Waals surface area contributed by atoms with Crippen LogP contribution in [0.1, 0.15) is 16.1 Å². The van der Waals surface area contributed by atoms with Crippen molar-refractivity contribution in [3.63, 3.8) is 0 Å². The molecule has 2 N–H and O–H groups in total. The van der Waals surface area contributed by atoms with Crippen LogP contribution in [0.15, 0.2) is 52.9 Å². The Morgan fingerprint density at radius 1 is 1.12 bits per heavy atom. The minimum absolute atomic E-state index is 0.0551. The lowest BCUT2D eigenvalue weighted by Gasteiger charge is -2.01. The Bertz CT molecular complexity index is 920. The summed E-state index contributed by atoms with van der Waals surface area (Å²) in [4.78, 5) is 15.9. The molecular formula is C18H13N3O3. The van der Waals surface area contributed by atoms with Gasteiger partial charge in [-0.25, -0.2) is 4.98 Å². The first-order valence-electron chi connectivity index (χ1n) is 7.08. The van der Waals surface area contributed by atoms with Crippen LogP contribution in [0.2, 0.25) is 0 Å². The van der Waals surface area contributed by atoms with Crippen molar-refractivity contribution in [3.05, 3.63) is 59.8 Å². The van der Waals surface area contributed by atoms with Crippen molar-refractivity contribution in [2.75, 3.05) is 7.11 Å². The molecule has 0 unspecified atom stereocenters. The zero-order valence-electron chi connectivity index (χ0n) is 12.8. The molecule has 2 aromatic carbocycles. The molecule has 6 nitrogen and oxygen atoms in total. The topological polar surface area (TPSA) is 102 Å². The predicted molar refractivity (Wildman–Crippen MR) is 87.2 cm³/mol. The van der Waals surface area contributed by atoms with Crippen molar-refractivity contribution in [1.82, 2.24) is 4.98 Å². The van der Waals surface area contributed by atoms with E-state index in [9.17, 15) is 4.79 Å². The van der Waals surface area contributed by atoms with Crippen LogP contribution in [0, 0.1) is 11.3 Å². The van der Waals surface area contributed by atoms with Gasteiger partial charge in [-0.15, -0.1) is 0 Å². The van der Waals surface area contributed by atoms with Gasteiger partial charge in [0.15, 0.2) is 11.5 Å². The average Bonchev–Trinajstić information content (AvgIpc) is 3.07. The van der Waals surface area contributed by atoms with Crippen LogP contribution in [-0.2, 0) is 0 Å². The lowest BCUT2D eigenvalue weighted by atomic mass is 10.1. The summed E-state index contributed by atoms with van der Waals surface area (Å²) in [7, 11) is 1.57. The molecular weight excluding hydrogens is 306 g/mol. The molecule has 0 radical (unpaired) electrons. The largest absolute Gasteiger partial charge is 0.497 e. The Morgan fingerprint density at radius 3 is 2.29 bits per heavy atom. The SMILES string of the molecule is COc1ccc(-c2oc(-c3ccc(C#N)cc3)nc2C(N)=O)cc1. The first-order valence-corrected chi connectivity index (χ1v) is 7.08. The molecule has 1 amide bonds. The number of oxazole rings is 1. The lowest BCUT2D eigenvalue weighted by Crippen LogP contribution is -2.12. The Kier molecular flexibility index (Phi) is 4.00. The number of nitrogens with two attached hydrogens (primary N) is 1. The molecule has 0 spiro atoms. The monoisotopic (exact) mass is 319 g/mol. The van der Waals surface area contributed by atoms with Gasteiger partial charge in [-0.2, -0.15) is 5.26 Å². The van der Waals surface area contributed by atoms with Gasteiger partial charge in [-0.3, -0.25) is 4.79 Å². The highest BCUT2D eigenvalue weighted by molar-refractivity contribution is 5.97. The second-order valence-corrected chi connectivity index (χ2v) is 4.98. The summed E-state index contributed by atoms with van der Waals surface area (Å²) in [6.07, 6.45) is 0. The highest BCUT2D eigenvalue weighted by Crippen LogP contribution is 2.30. The van der Waals surface area contributed by atoms with Crippen molar-refractivity contribution < 1.29 is 13.9 Å². The summed E-state index contributed by atoms with van der Waals surface area (Å²) in [5.41, 5.74) is 7.31. The van der Waals surface area contributed by atoms with Gasteiger partial charge in [0.05, 0.1) is 18.7 Å². The fourth-order valence-corrected chi connectivity index (χ4v) is 2.24. The van der Waals surface area contributed by atoms with Gasteiger partial charge in [-0.05, 0) is 48.5 Å². The fourth-order valence-electron chi connectivity index (χ4n) is 2.24. The van der Waals surface area contributed by atoms with Crippen LogP contribution in [0.4, 0.5) is 0 Å². The van der Waals surface area contributed by atoms with E-state index >= 15 is 0 Å². The molecule has 0 fully saturated rings. The van der Waals surface area contributed by atoms with Gasteiger partial charge >= 0.3 is 0 Å². The van der Waals surface area contributed by atoms with Crippen LogP contribution in [-0.4, -0.2) is 18.0 Å². The molecule has 0 bridgehead atoms. The number of hydrogen-bond acceptors (Lipinski definition) is 5. The first-order chi connectivity index (χ1) is 11.6. The van der Waals surface area contributed by atoms with Crippen LogP contribution < -0.4 is 10.5 Å². The van der Waals surface area contributed by atoms with Crippen molar-refractivity contribution >= 4 is 5.91 Å². The van der Waals surface area contributed by atoms with E-state index in [0.717, 1.165) is 0 Å². The number of rotatable bonds is 4. The molecule has 0 atom stereocenters. The van der Waals surface area contributed by atoms with E-state index in [0.29, 0.717) is 28.2 Å². The van der Waals surface area contributed by atoms with E-state index in [-0.39, 0.29) is 11.6 Å². The zero-order valence-corrected chi connectivity index (χ0v) is 12.8. The standard InChI is InChI=1S/C18H13N3O3/c1-23-14-8-6-12(7-9-14)16-15(17(20)22)21-18(24-16)13-4-2-11(10-19)3-5-13/h2-9H,1H3,(H2,20,22). The van der Waals surface area contributed by atoms with Gasteiger partial charge in [0.25, 0.3) is 5.91 Å². The number of aromatic nitrogens is 1. The van der Waals surface area contributed by atoms with E-state index < -0.39 is 5.91 Å². The third-order valence-corrected chi connectivity index (χ3v) is 3.47. The normalized spacial score (nSPS) is 10.2. The van der Waals surface area contributed by atoms with E-state index in [1.165, 1.54) is 0 Å². The van der Waals surface area contributed by atoms with Gasteiger partial charge in [0.1, 0.15) is 5.75 Å². The maximum absolute atomic E-state index is 11.7. The van der Waals surface area contributed by atoms with Crippen LogP contribution >= 0.6 is 0 Å². The highest BCUT2D eigenvalue weighted by atomic mass is 16.5. The summed E-state index contributed by atoms with van der Waals surface area (Å²) in [5, 5.41) is 8.85. The predicted octanol–water partition coefficient (Wildman–Crippen LogP) is 2.99. The quantitative estimate of drug-likeness (QED) is 0.796. The molecule has 118 valence electrons. The number of primary amides is 1. The van der Waals surface area contributed by atoms with Crippen molar-refractivity contribution in [1.29, 1.82) is 5.26 Å². The van der Waals surface area contributed by atoms with E-state index in [2.05, 4.69) is 4.98 Å². The van der Waals surface area contributed by atoms with Gasteiger partial charge in [0, 0.05) is 11.1 Å². The Hall–Kier alpha value is -3.59. The van der Waals surface area contributed by atoms with Crippen LogP contribution in [0.5, 0.6) is 5.75 Å². The Balaban J connectivity index is 2.07. The number of nitrogens with zero attached hydrogens (tertiary/aromatic N) is 2. The molecule has 0 saturated heterocycles. The van der Waals surface area contributed by atoms with Gasteiger partial charge in [0.2, 0.25) is 5.89 Å². The summed E-state index contributed by atoms with van der Waals surface area (Å²) < 4.78 is 10.9. The van der Waals surface area contributed by atoms with Crippen molar-refractivity contribution in [3.8, 4) is 34.6 Å². The molecule has 0 saturated carbocycles. The minimum Gasteiger partial charge on any atom is -0.497 e. The third-order valence-electron chi connectivity index (χ3n) is 3.47. The van der Waals surface area contributed by atoms with E-state index in [4.69, 9.17) is 20.1 Å². The maximum atomic E-state index is 11.7. The molecule has 24 heavy (non-hydrogen) atoms. The van der Waals surface area contributed by atoms with Crippen molar-refractivity contribution in [2.24, 2.45) is 5.73 Å². The number of carbonyl (C=O) groups is 1. The molecule has 1 aromatic heterocycles. The number of amides is 1. The highest BCUT2D eigenvalue weighted by Gasteiger charge is 2.20. The molecule has 0 aliphatic heterocycles. The summed E-state index contributed by atoms with van der Waals surface area (Å²) in [5.74, 6) is 0.569. The number of nitriles is 1. The minimum atomic E-state index is -0.676. The molecule has 0 aliphatic carbocycles. The van der Waals surface area contributed by atoms with E-state index in [1.54, 1.807) is 55.6 Å². The van der Waals surface area contributed by atoms with Crippen molar-refractivity contribution in [2.45, 2.75) is 0 Å². The summed E-state index contributed by atoms with van der Waals surface area (Å²) in [6.45, 7) is 0. The number of ether oxygens (including phenoxy) is 1. The van der Waals surface area contributed by atoms with Crippen LogP contribution in [0.25, 0.3) is 22.8 Å².